The van der Waals surface area contributed by atoms with Crippen molar-refractivity contribution in [1.29, 1.82) is 0 Å². The Hall–Kier alpha value is 0.670. The molecule has 0 saturated carbocycles. The average molecular weight is 1140 g/mol. The van der Waals surface area contributed by atoms with Gasteiger partial charge in [0.25, 0.3) is 0 Å². The Morgan fingerprint density at radius 2 is 0.714 bits per heavy atom. The van der Waals surface area contributed by atoms with Crippen LogP contribution in [0.25, 0.3) is 19.6 Å². The van der Waals surface area contributed by atoms with Gasteiger partial charge in [0.05, 0.1) is 22.8 Å². The molecule has 248 valence electrons. The number of benzene rings is 4. The molecule has 4 heterocycles. The van der Waals surface area contributed by atoms with E-state index in [9.17, 15) is 4.20 Å². The topological polar surface area (TPSA) is 0 Å². The van der Waals surface area contributed by atoms with Crippen molar-refractivity contribution in [2.24, 2.45) is 0 Å². The van der Waals surface area contributed by atoms with E-state index in [4.69, 9.17) is 0 Å². The van der Waals surface area contributed by atoms with Crippen molar-refractivity contribution in [3.8, 4) is 0 Å². The fraction of sp³-hybridized carbons (Fsp3) is 0. The summed E-state index contributed by atoms with van der Waals surface area (Å²) < 4.78 is 18.7. The van der Waals surface area contributed by atoms with Gasteiger partial charge >= 0.3 is 0 Å². The van der Waals surface area contributed by atoms with E-state index in [1.807, 2.05) is 94.1 Å². The van der Waals surface area contributed by atoms with Crippen LogP contribution in [0.3, 0.4) is 0 Å². The molecule has 1 atom stereocenters. The molecule has 1 unspecified atom stereocenters. The van der Waals surface area contributed by atoms with Gasteiger partial charge in [-0.2, -0.15) is 0 Å². The second kappa shape index (κ2) is 20.4. The Morgan fingerprint density at radius 3 is 1.04 bits per heavy atom. The molecule has 0 N–H and O–H groups in total. The quantitative estimate of drug-likeness (QED) is 0.145. The molecule has 4 aromatic rings. The zero-order chi connectivity index (χ0) is 34.0. The van der Waals surface area contributed by atoms with Crippen molar-refractivity contribution >= 4 is 187 Å². The van der Waals surface area contributed by atoms with E-state index >= 15 is 0 Å². The van der Waals surface area contributed by atoms with Crippen LogP contribution in [-0.4, -0.2) is 0 Å². The monoisotopic (exact) mass is 1140 g/mol. The molecule has 4 aliphatic rings. The molecule has 13 heteroatoms. The maximum Gasteiger partial charge on any atom is 0.131 e. The molecule has 0 amide bonds. The summed E-state index contributed by atoms with van der Waals surface area (Å²) in [4.78, 5) is 5.46. The molecule has 0 aromatic heterocycles. The summed E-state index contributed by atoms with van der Waals surface area (Å²) in [5.41, 5.74) is 5.24. The van der Waals surface area contributed by atoms with Crippen LogP contribution in [0, 0.1) is 0 Å². The number of halogens is 4. The summed E-state index contributed by atoms with van der Waals surface area (Å²) >= 11 is 21.7. The second-order valence-electron chi connectivity index (χ2n) is 9.70. The summed E-state index contributed by atoms with van der Waals surface area (Å²) in [6.45, 7) is -0.447. The summed E-state index contributed by atoms with van der Waals surface area (Å²) in [6, 6.07) is 42.6. The molecular weight excluding hydrogens is 1120 g/mol. The molecule has 0 radical (unpaired) electrons. The lowest BCUT2D eigenvalue weighted by Crippen LogP contribution is -1.76. The third-order valence-electron chi connectivity index (χ3n) is 6.58. The van der Waals surface area contributed by atoms with Crippen molar-refractivity contribution in [1.82, 2.24) is 0 Å². The van der Waals surface area contributed by atoms with Gasteiger partial charge in [0.15, 0.2) is 0 Å². The largest absolute Gasteiger partial charge is 0.219 e. The highest BCUT2D eigenvalue weighted by molar-refractivity contribution is 14.2. The molecular formula is C36H23FI3PS8. The Labute approximate surface area is 363 Å². The minimum atomic E-state index is -0.447. The van der Waals surface area contributed by atoms with Crippen molar-refractivity contribution in [2.75, 3.05) is 0 Å². The molecule has 4 aromatic carbocycles. The predicted octanol–water partition coefficient (Wildman–Crippen LogP) is 17.6. The maximum atomic E-state index is 10.3. The minimum absolute atomic E-state index is 0.447. The first kappa shape index (κ1) is 39.4. The van der Waals surface area contributed by atoms with Gasteiger partial charge in [0, 0.05) is 19.6 Å². The molecule has 8 rings (SSSR count). The highest BCUT2D eigenvalue weighted by Gasteiger charge is 2.29. The van der Waals surface area contributed by atoms with Crippen LogP contribution in [0.1, 0.15) is 22.3 Å². The fourth-order valence-electron chi connectivity index (χ4n) is 4.40. The summed E-state index contributed by atoms with van der Waals surface area (Å²) in [5.74, 6) is 0. The minimum Gasteiger partial charge on any atom is -0.219 e. The van der Waals surface area contributed by atoms with Crippen LogP contribution in [0.5, 0.6) is 0 Å². The zero-order valence-electron chi connectivity index (χ0n) is 25.0. The van der Waals surface area contributed by atoms with Crippen LogP contribution in [0.15, 0.2) is 155 Å². The van der Waals surface area contributed by atoms with E-state index in [0.717, 1.165) is 0 Å². The van der Waals surface area contributed by atoms with E-state index in [-0.39, 0.29) is 0 Å². The molecule has 0 spiro atoms. The van der Waals surface area contributed by atoms with E-state index in [1.165, 1.54) is 64.6 Å². The standard InChI is InChI=1S/C18H10I2S4.C18H12S4.FHIP/c19-15-13(11-7-3-1-4-8-11)21-17(23-15)18-22-14(16(20)24-18)12-9-5-2-6-10-12;1-3-7-13(8-4-1)15-11-19-17(21-15)18-20-12-16(22-18)14-9-5-2-6-10-14;1-3-2/h1-10H;1-12H;3H/b2*18-17+;. The predicted molar refractivity (Wildman–Crippen MR) is 262 cm³/mol. The number of hydrogen-bond donors (Lipinski definition) is 0. The zero-order valence-corrected chi connectivity index (χ0v) is 39.0. The fourth-order valence-corrected chi connectivity index (χ4v) is 17.8. The SMILES string of the molecule is C1=C(c2ccccc2)S/C(=C2\SC=C(c3ccccc3)S2)S1.FPI.IC1=C(c2ccccc2)S/C(=C2\SC(I)=C(c3ccccc3)S2)S1. The van der Waals surface area contributed by atoms with Gasteiger partial charge in [-0.1, -0.05) is 215 Å². The van der Waals surface area contributed by atoms with Gasteiger partial charge in [-0.25, -0.2) is 4.20 Å². The maximum absolute atomic E-state index is 10.3. The van der Waals surface area contributed by atoms with Crippen LogP contribution in [0.2, 0.25) is 0 Å². The first-order valence-electron chi connectivity index (χ1n) is 14.3. The lowest BCUT2D eigenvalue weighted by molar-refractivity contribution is 0.939. The molecule has 4 aliphatic heterocycles. The van der Waals surface area contributed by atoms with E-state index in [1.54, 1.807) is 22.0 Å². The van der Waals surface area contributed by atoms with Crippen LogP contribution < -0.4 is 0 Å². The summed E-state index contributed by atoms with van der Waals surface area (Å²) in [7, 11) is 0. The highest BCUT2D eigenvalue weighted by Crippen LogP contribution is 2.65. The number of thioether (sulfide) groups is 8. The molecule has 0 bridgehead atoms. The molecule has 0 nitrogen and oxygen atoms in total. The normalized spacial score (nSPS) is 20.3. The Balaban J connectivity index is 0.000000158. The Kier molecular flexibility index (Phi) is 16.4. The number of rotatable bonds is 4. The lowest BCUT2D eigenvalue weighted by Gasteiger charge is -2.04. The van der Waals surface area contributed by atoms with Gasteiger partial charge in [0.2, 0.25) is 0 Å². The third kappa shape index (κ3) is 10.9. The Bertz CT molecular complexity index is 1830. The first-order valence-corrected chi connectivity index (χ1v) is 27.1. The van der Waals surface area contributed by atoms with E-state index < -0.39 is 6.53 Å². The van der Waals surface area contributed by atoms with Gasteiger partial charge in [-0.05, 0) is 100 Å². The van der Waals surface area contributed by atoms with Gasteiger partial charge in [0.1, 0.15) is 6.53 Å². The van der Waals surface area contributed by atoms with Crippen molar-refractivity contribution in [2.45, 2.75) is 0 Å². The number of hydrogen-bond acceptors (Lipinski definition) is 8. The van der Waals surface area contributed by atoms with E-state index in [2.05, 4.69) is 177 Å². The van der Waals surface area contributed by atoms with Crippen LogP contribution in [0.4, 0.5) is 4.20 Å². The molecule has 49 heavy (non-hydrogen) atoms. The summed E-state index contributed by atoms with van der Waals surface area (Å²) in [6.07, 6.45) is 0. The van der Waals surface area contributed by atoms with Crippen molar-refractivity contribution < 1.29 is 4.20 Å². The summed E-state index contributed by atoms with van der Waals surface area (Å²) in [5, 5.41) is 4.54. The first-order chi connectivity index (χ1) is 24.0. The molecule has 0 aliphatic carbocycles. The Morgan fingerprint density at radius 1 is 0.408 bits per heavy atom. The van der Waals surface area contributed by atoms with Crippen LogP contribution in [-0.2, 0) is 0 Å². The van der Waals surface area contributed by atoms with Crippen molar-refractivity contribution in [3.05, 3.63) is 177 Å². The smallest absolute Gasteiger partial charge is 0.131 e. The van der Waals surface area contributed by atoms with Crippen LogP contribution >= 0.6 is 168 Å². The van der Waals surface area contributed by atoms with Gasteiger partial charge < -0.3 is 0 Å². The van der Waals surface area contributed by atoms with Gasteiger partial charge in [-0.15, -0.1) is 0 Å². The molecule has 0 fully saturated rings. The highest BCUT2D eigenvalue weighted by atomic mass is 127. The van der Waals surface area contributed by atoms with Crippen molar-refractivity contribution in [3.63, 3.8) is 0 Å². The third-order valence-corrected chi connectivity index (χ3v) is 20.5. The van der Waals surface area contributed by atoms with Gasteiger partial charge in [-0.3, -0.25) is 0 Å². The lowest BCUT2D eigenvalue weighted by atomic mass is 10.2. The van der Waals surface area contributed by atoms with E-state index in [0.29, 0.717) is 0 Å². The second-order valence-corrected chi connectivity index (χ2v) is 23.7. The molecule has 0 saturated heterocycles. The average Bonchev–Trinajstić information content (AvgIpc) is 3.97.